The number of unbranched alkanes of at least 4 members (excludes halogenated alkanes) is 1. The number of rotatable bonds is 6. The number of pyridine rings is 1. The van der Waals surface area contributed by atoms with Crippen molar-refractivity contribution < 1.29 is 4.74 Å². The first-order valence-corrected chi connectivity index (χ1v) is 7.14. The molecular formula is C15H24N2O. The number of nitrogens with zero attached hydrogens (tertiary/aromatic N) is 1. The van der Waals surface area contributed by atoms with E-state index in [0.717, 1.165) is 31.8 Å². The summed E-state index contributed by atoms with van der Waals surface area (Å²) in [5, 5.41) is 3.44. The van der Waals surface area contributed by atoms with E-state index < -0.39 is 0 Å². The first kappa shape index (κ1) is 13.5. The summed E-state index contributed by atoms with van der Waals surface area (Å²) in [6, 6.07) is 6.31. The Hall–Kier alpha value is -0.930. The minimum Gasteiger partial charge on any atom is -0.375 e. The number of piperidine rings is 1. The van der Waals surface area contributed by atoms with Gasteiger partial charge in [0.25, 0.3) is 0 Å². The van der Waals surface area contributed by atoms with Gasteiger partial charge in [-0.15, -0.1) is 0 Å². The molecule has 1 aromatic heterocycles. The molecule has 100 valence electrons. The molecule has 3 nitrogen and oxygen atoms in total. The smallest absolute Gasteiger partial charge is 0.0887 e. The minimum absolute atomic E-state index is 0.578. The summed E-state index contributed by atoms with van der Waals surface area (Å²) in [6.07, 6.45) is 4.82. The summed E-state index contributed by atoms with van der Waals surface area (Å²) in [6.45, 7) is 5.88. The van der Waals surface area contributed by atoms with Crippen molar-refractivity contribution in [2.75, 3.05) is 19.7 Å². The van der Waals surface area contributed by atoms with Crippen molar-refractivity contribution in [3.63, 3.8) is 0 Å². The third kappa shape index (κ3) is 4.07. The third-order valence-electron chi connectivity index (χ3n) is 3.44. The van der Waals surface area contributed by atoms with Gasteiger partial charge in [0.05, 0.1) is 12.3 Å². The molecule has 0 amide bonds. The number of ether oxygens (including phenoxy) is 1. The van der Waals surface area contributed by atoms with Crippen LogP contribution in [0.25, 0.3) is 0 Å². The van der Waals surface area contributed by atoms with Crippen LogP contribution in [0.2, 0.25) is 0 Å². The van der Waals surface area contributed by atoms with Crippen molar-refractivity contribution >= 4 is 0 Å². The number of nitrogens with one attached hydrogen (secondary N) is 1. The third-order valence-corrected chi connectivity index (χ3v) is 3.44. The summed E-state index contributed by atoms with van der Waals surface area (Å²) in [5.41, 5.74) is 2.29. The summed E-state index contributed by atoms with van der Waals surface area (Å²) < 4.78 is 5.62. The van der Waals surface area contributed by atoms with E-state index in [9.17, 15) is 0 Å². The molecule has 3 heteroatoms. The van der Waals surface area contributed by atoms with E-state index in [4.69, 9.17) is 9.72 Å². The Bertz CT molecular complexity index is 348. The highest BCUT2D eigenvalue weighted by Gasteiger charge is 2.16. The molecular weight excluding hydrogens is 224 g/mol. The predicted molar refractivity (Wildman–Crippen MR) is 73.6 cm³/mol. The molecule has 1 saturated heterocycles. The summed E-state index contributed by atoms with van der Waals surface area (Å²) in [5.74, 6) is 0.578. The van der Waals surface area contributed by atoms with Crippen LogP contribution in [-0.4, -0.2) is 24.7 Å². The van der Waals surface area contributed by atoms with Crippen LogP contribution in [0.3, 0.4) is 0 Å². The molecule has 0 aromatic carbocycles. The molecule has 1 N–H and O–H groups in total. The van der Waals surface area contributed by atoms with Crippen LogP contribution in [0, 0.1) is 0 Å². The second kappa shape index (κ2) is 7.49. The maximum Gasteiger partial charge on any atom is 0.0887 e. The van der Waals surface area contributed by atoms with Crippen molar-refractivity contribution in [3.05, 3.63) is 29.6 Å². The molecule has 0 saturated carbocycles. The lowest BCUT2D eigenvalue weighted by Gasteiger charge is -2.22. The van der Waals surface area contributed by atoms with Crippen LogP contribution in [-0.2, 0) is 11.3 Å². The lowest BCUT2D eigenvalue weighted by molar-refractivity contribution is 0.115. The van der Waals surface area contributed by atoms with Gasteiger partial charge in [0.15, 0.2) is 0 Å². The van der Waals surface area contributed by atoms with Gasteiger partial charge in [-0.05, 0) is 37.9 Å². The highest BCUT2D eigenvalue weighted by Crippen LogP contribution is 2.21. The Labute approximate surface area is 110 Å². The van der Waals surface area contributed by atoms with Crippen molar-refractivity contribution in [1.82, 2.24) is 10.3 Å². The average molecular weight is 248 g/mol. The van der Waals surface area contributed by atoms with E-state index in [1.807, 2.05) is 0 Å². The summed E-state index contributed by atoms with van der Waals surface area (Å²) >= 11 is 0. The van der Waals surface area contributed by atoms with Crippen molar-refractivity contribution in [1.29, 1.82) is 0 Å². The van der Waals surface area contributed by atoms with Gasteiger partial charge in [-0.1, -0.05) is 19.4 Å². The van der Waals surface area contributed by atoms with Crippen molar-refractivity contribution in [2.45, 2.75) is 45.1 Å². The average Bonchev–Trinajstić information content (AvgIpc) is 2.45. The molecule has 1 fully saturated rings. The first-order valence-electron chi connectivity index (χ1n) is 7.14. The molecule has 18 heavy (non-hydrogen) atoms. The van der Waals surface area contributed by atoms with Gasteiger partial charge in [0, 0.05) is 24.8 Å². The molecule has 1 aromatic rings. The Kier molecular flexibility index (Phi) is 5.62. The van der Waals surface area contributed by atoms with Gasteiger partial charge in [-0.2, -0.15) is 0 Å². The second-order valence-corrected chi connectivity index (χ2v) is 5.00. The lowest BCUT2D eigenvalue weighted by Crippen LogP contribution is -2.28. The van der Waals surface area contributed by atoms with Gasteiger partial charge in [-0.3, -0.25) is 4.98 Å². The zero-order valence-corrected chi connectivity index (χ0v) is 11.3. The Balaban J connectivity index is 1.88. The summed E-state index contributed by atoms with van der Waals surface area (Å²) in [7, 11) is 0. The monoisotopic (exact) mass is 248 g/mol. The van der Waals surface area contributed by atoms with Crippen molar-refractivity contribution in [2.24, 2.45) is 0 Å². The van der Waals surface area contributed by atoms with Crippen LogP contribution in [0.1, 0.15) is 49.9 Å². The topological polar surface area (TPSA) is 34.1 Å². The Morgan fingerprint density at radius 3 is 3.17 bits per heavy atom. The summed E-state index contributed by atoms with van der Waals surface area (Å²) in [4.78, 5) is 4.73. The van der Waals surface area contributed by atoms with E-state index in [-0.39, 0.29) is 0 Å². The molecule has 1 unspecified atom stereocenters. The molecule has 2 rings (SSSR count). The first-order chi connectivity index (χ1) is 8.90. The van der Waals surface area contributed by atoms with Crippen LogP contribution in [0.4, 0.5) is 0 Å². The maximum absolute atomic E-state index is 5.62. The molecule has 1 atom stereocenters. The molecule has 1 aliphatic rings. The fourth-order valence-corrected chi connectivity index (χ4v) is 2.33. The number of hydrogen-bond acceptors (Lipinski definition) is 3. The quantitative estimate of drug-likeness (QED) is 0.786. The van der Waals surface area contributed by atoms with Gasteiger partial charge in [-0.25, -0.2) is 0 Å². The minimum atomic E-state index is 0.578. The second-order valence-electron chi connectivity index (χ2n) is 5.00. The van der Waals surface area contributed by atoms with Crippen LogP contribution in [0.5, 0.6) is 0 Å². The van der Waals surface area contributed by atoms with E-state index in [1.54, 1.807) is 0 Å². The normalized spacial score (nSPS) is 19.9. The Morgan fingerprint density at radius 2 is 2.39 bits per heavy atom. The van der Waals surface area contributed by atoms with E-state index in [0.29, 0.717) is 12.5 Å². The zero-order chi connectivity index (χ0) is 12.6. The Morgan fingerprint density at radius 1 is 1.44 bits per heavy atom. The fourth-order valence-electron chi connectivity index (χ4n) is 2.33. The molecule has 0 radical (unpaired) electrons. The molecule has 0 bridgehead atoms. The van der Waals surface area contributed by atoms with E-state index in [1.165, 1.54) is 25.0 Å². The van der Waals surface area contributed by atoms with E-state index >= 15 is 0 Å². The number of hydrogen-bond donors (Lipinski definition) is 1. The maximum atomic E-state index is 5.62. The van der Waals surface area contributed by atoms with Crippen LogP contribution >= 0.6 is 0 Å². The van der Waals surface area contributed by atoms with E-state index in [2.05, 4.69) is 30.4 Å². The van der Waals surface area contributed by atoms with Gasteiger partial charge in [0.1, 0.15) is 0 Å². The highest BCUT2D eigenvalue weighted by atomic mass is 16.5. The zero-order valence-electron chi connectivity index (χ0n) is 11.3. The molecule has 1 aliphatic heterocycles. The standard InChI is InChI=1S/C15H24N2O/c1-2-3-10-18-12-14-7-4-8-15(17-14)13-6-5-9-16-11-13/h4,7-8,13,16H,2-3,5-6,9-12H2,1H3. The predicted octanol–water partition coefficient (Wildman–Crippen LogP) is 2.87. The van der Waals surface area contributed by atoms with Gasteiger partial charge < -0.3 is 10.1 Å². The molecule has 0 aliphatic carbocycles. The van der Waals surface area contributed by atoms with Gasteiger partial charge in [0.2, 0.25) is 0 Å². The van der Waals surface area contributed by atoms with Crippen LogP contribution in [0.15, 0.2) is 18.2 Å². The SMILES string of the molecule is CCCCOCc1cccc(C2CCCNC2)n1. The highest BCUT2D eigenvalue weighted by molar-refractivity contribution is 5.15. The van der Waals surface area contributed by atoms with Gasteiger partial charge >= 0.3 is 0 Å². The molecule has 0 spiro atoms. The van der Waals surface area contributed by atoms with Crippen LogP contribution < -0.4 is 5.32 Å². The lowest BCUT2D eigenvalue weighted by atomic mass is 9.95. The largest absolute Gasteiger partial charge is 0.375 e. The molecule has 2 heterocycles. The number of aromatic nitrogens is 1. The fraction of sp³-hybridized carbons (Fsp3) is 0.667. The van der Waals surface area contributed by atoms with Crippen molar-refractivity contribution in [3.8, 4) is 0 Å².